The Bertz CT molecular complexity index is 551. The fourth-order valence-electron chi connectivity index (χ4n) is 2.68. The Labute approximate surface area is 152 Å². The largest absolute Gasteiger partial charge is 0.493 e. The zero-order chi connectivity index (χ0) is 19.2. The molecule has 0 aliphatic carbocycles. The van der Waals surface area contributed by atoms with Gasteiger partial charge in [-0.25, -0.2) is 0 Å². The molecule has 1 rings (SSSR count). The summed E-state index contributed by atoms with van der Waals surface area (Å²) in [5.74, 6) is 1.89. The summed E-state index contributed by atoms with van der Waals surface area (Å²) >= 11 is 0. The first-order valence-corrected chi connectivity index (χ1v) is 8.74. The van der Waals surface area contributed by atoms with E-state index in [1.54, 1.807) is 33.5 Å². The zero-order valence-electron chi connectivity index (χ0n) is 16.9. The molecular weight excluding hydrogens is 318 g/mol. The molecule has 142 valence electrons. The lowest BCUT2D eigenvalue weighted by Gasteiger charge is -2.32. The number of nitrogens with one attached hydrogen (secondary N) is 1. The molecule has 0 heterocycles. The van der Waals surface area contributed by atoms with Crippen LogP contribution in [0.5, 0.6) is 17.2 Å². The average molecular weight is 351 g/mol. The number of benzene rings is 1. The molecule has 25 heavy (non-hydrogen) atoms. The highest BCUT2D eigenvalue weighted by Crippen LogP contribution is 2.38. The van der Waals surface area contributed by atoms with E-state index < -0.39 is 0 Å². The second-order valence-electron chi connectivity index (χ2n) is 7.78. The third-order valence-electron chi connectivity index (χ3n) is 4.31. The Balaban J connectivity index is 3.08. The van der Waals surface area contributed by atoms with Gasteiger partial charge in [0.05, 0.1) is 21.3 Å². The molecule has 1 atom stereocenters. The summed E-state index contributed by atoms with van der Waals surface area (Å²) in [6.07, 6.45) is 2.01. The zero-order valence-corrected chi connectivity index (χ0v) is 16.9. The highest BCUT2D eigenvalue weighted by atomic mass is 16.5. The van der Waals surface area contributed by atoms with E-state index in [9.17, 15) is 4.79 Å². The Morgan fingerprint density at radius 1 is 1.00 bits per heavy atom. The Kier molecular flexibility index (Phi) is 7.59. The predicted molar refractivity (Wildman–Crippen MR) is 101 cm³/mol. The smallest absolute Gasteiger partial charge is 0.251 e. The summed E-state index contributed by atoms with van der Waals surface area (Å²) in [7, 11) is 4.63. The van der Waals surface area contributed by atoms with Crippen LogP contribution in [0, 0.1) is 11.3 Å². The molecule has 0 spiro atoms. The van der Waals surface area contributed by atoms with Crippen molar-refractivity contribution in [1.82, 2.24) is 5.32 Å². The van der Waals surface area contributed by atoms with Crippen LogP contribution in [0.1, 0.15) is 57.8 Å². The number of amides is 1. The van der Waals surface area contributed by atoms with Crippen molar-refractivity contribution in [2.75, 3.05) is 21.3 Å². The van der Waals surface area contributed by atoms with Crippen molar-refractivity contribution in [1.29, 1.82) is 0 Å². The fourth-order valence-corrected chi connectivity index (χ4v) is 2.68. The molecule has 0 aliphatic heterocycles. The van der Waals surface area contributed by atoms with E-state index in [2.05, 4.69) is 39.9 Å². The Hall–Kier alpha value is -1.91. The Morgan fingerprint density at radius 2 is 1.52 bits per heavy atom. The van der Waals surface area contributed by atoms with Gasteiger partial charge in [0.2, 0.25) is 5.75 Å². The maximum absolute atomic E-state index is 12.8. The fraction of sp³-hybridized carbons (Fsp3) is 0.650. The van der Waals surface area contributed by atoms with Crippen LogP contribution >= 0.6 is 0 Å². The molecule has 1 aromatic carbocycles. The van der Waals surface area contributed by atoms with Crippen molar-refractivity contribution in [2.45, 2.75) is 53.5 Å². The van der Waals surface area contributed by atoms with Crippen molar-refractivity contribution >= 4 is 5.91 Å². The van der Waals surface area contributed by atoms with E-state index in [4.69, 9.17) is 14.2 Å². The van der Waals surface area contributed by atoms with Crippen molar-refractivity contribution in [3.8, 4) is 17.2 Å². The van der Waals surface area contributed by atoms with Gasteiger partial charge < -0.3 is 19.5 Å². The van der Waals surface area contributed by atoms with E-state index in [0.717, 1.165) is 12.8 Å². The summed E-state index contributed by atoms with van der Waals surface area (Å²) in [6, 6.07) is 3.44. The van der Waals surface area contributed by atoms with Crippen molar-refractivity contribution in [3.05, 3.63) is 17.7 Å². The standard InChI is InChI=1S/C20H33NO4/c1-13(2)9-10-17(20(3,4)5)21-19(22)14-11-15(23-6)18(25-8)16(12-14)24-7/h11-13,17H,9-10H2,1-8H3,(H,21,22). The molecule has 1 amide bonds. The van der Waals surface area contributed by atoms with Crippen LogP contribution in [0.3, 0.4) is 0 Å². The van der Waals surface area contributed by atoms with Gasteiger partial charge in [0, 0.05) is 11.6 Å². The topological polar surface area (TPSA) is 56.8 Å². The van der Waals surface area contributed by atoms with Crippen LogP contribution in [0.15, 0.2) is 12.1 Å². The molecule has 0 saturated heterocycles. The number of hydrogen-bond acceptors (Lipinski definition) is 4. The molecule has 0 radical (unpaired) electrons. The van der Waals surface area contributed by atoms with Crippen molar-refractivity contribution in [3.63, 3.8) is 0 Å². The van der Waals surface area contributed by atoms with Gasteiger partial charge in [-0.05, 0) is 36.3 Å². The monoisotopic (exact) mass is 351 g/mol. The molecule has 1 aromatic rings. The highest BCUT2D eigenvalue weighted by Gasteiger charge is 2.27. The first-order valence-electron chi connectivity index (χ1n) is 8.74. The number of methoxy groups -OCH3 is 3. The first kappa shape index (κ1) is 21.1. The number of rotatable bonds is 8. The van der Waals surface area contributed by atoms with E-state index in [-0.39, 0.29) is 17.4 Å². The Morgan fingerprint density at radius 3 is 1.88 bits per heavy atom. The van der Waals surface area contributed by atoms with Gasteiger partial charge in [-0.15, -0.1) is 0 Å². The molecule has 1 N–H and O–H groups in total. The lowest BCUT2D eigenvalue weighted by molar-refractivity contribution is 0.0893. The third-order valence-corrected chi connectivity index (χ3v) is 4.31. The minimum absolute atomic E-state index is 0.0226. The van der Waals surface area contributed by atoms with E-state index in [1.165, 1.54) is 0 Å². The maximum atomic E-state index is 12.8. The maximum Gasteiger partial charge on any atom is 0.251 e. The SMILES string of the molecule is COc1cc(C(=O)NC(CCC(C)C)C(C)(C)C)cc(OC)c1OC. The summed E-state index contributed by atoms with van der Waals surface area (Å²) in [5.41, 5.74) is 0.471. The van der Waals surface area contributed by atoms with Gasteiger partial charge >= 0.3 is 0 Å². The molecule has 5 heteroatoms. The van der Waals surface area contributed by atoms with Gasteiger partial charge in [-0.1, -0.05) is 34.6 Å². The predicted octanol–water partition coefficient (Wildman–Crippen LogP) is 4.29. The molecule has 0 aliphatic rings. The van der Waals surface area contributed by atoms with Crippen LogP contribution in [0.2, 0.25) is 0 Å². The minimum Gasteiger partial charge on any atom is -0.493 e. The third kappa shape index (κ3) is 5.83. The lowest BCUT2D eigenvalue weighted by atomic mass is 9.82. The molecule has 0 bridgehead atoms. The highest BCUT2D eigenvalue weighted by molar-refractivity contribution is 5.95. The quantitative estimate of drug-likeness (QED) is 0.759. The summed E-state index contributed by atoms with van der Waals surface area (Å²) in [5, 5.41) is 3.18. The number of ether oxygens (including phenoxy) is 3. The molecule has 0 aromatic heterocycles. The molecule has 0 fully saturated rings. The first-order chi connectivity index (χ1) is 11.6. The van der Waals surface area contributed by atoms with Crippen LogP contribution in [0.4, 0.5) is 0 Å². The van der Waals surface area contributed by atoms with E-state index in [1.807, 2.05) is 0 Å². The van der Waals surface area contributed by atoms with E-state index >= 15 is 0 Å². The average Bonchev–Trinajstić information content (AvgIpc) is 2.55. The second kappa shape index (κ2) is 8.97. The van der Waals surface area contributed by atoms with Crippen LogP contribution in [0.25, 0.3) is 0 Å². The molecular formula is C20H33NO4. The summed E-state index contributed by atoms with van der Waals surface area (Å²) in [4.78, 5) is 12.8. The van der Waals surface area contributed by atoms with Gasteiger partial charge in [0.1, 0.15) is 0 Å². The number of hydrogen-bond donors (Lipinski definition) is 1. The van der Waals surface area contributed by atoms with Crippen molar-refractivity contribution in [2.24, 2.45) is 11.3 Å². The number of carbonyl (C=O) groups excluding carboxylic acids is 1. The minimum atomic E-state index is -0.136. The van der Waals surface area contributed by atoms with Crippen LogP contribution < -0.4 is 19.5 Å². The van der Waals surface area contributed by atoms with Gasteiger partial charge in [-0.2, -0.15) is 0 Å². The second-order valence-corrected chi connectivity index (χ2v) is 7.78. The van der Waals surface area contributed by atoms with Crippen molar-refractivity contribution < 1.29 is 19.0 Å². The summed E-state index contributed by atoms with van der Waals surface area (Å²) in [6.45, 7) is 10.8. The van der Waals surface area contributed by atoms with Gasteiger partial charge in [-0.3, -0.25) is 4.79 Å². The summed E-state index contributed by atoms with van der Waals surface area (Å²) < 4.78 is 16.0. The molecule has 5 nitrogen and oxygen atoms in total. The normalized spacial score (nSPS) is 12.7. The van der Waals surface area contributed by atoms with Crippen LogP contribution in [-0.2, 0) is 0 Å². The van der Waals surface area contributed by atoms with Gasteiger partial charge in [0.25, 0.3) is 5.91 Å². The van der Waals surface area contributed by atoms with Crippen LogP contribution in [-0.4, -0.2) is 33.3 Å². The molecule has 0 saturated carbocycles. The van der Waals surface area contributed by atoms with Gasteiger partial charge in [0.15, 0.2) is 11.5 Å². The number of carbonyl (C=O) groups is 1. The lowest BCUT2D eigenvalue weighted by Crippen LogP contribution is -2.43. The molecule has 1 unspecified atom stereocenters. The van der Waals surface area contributed by atoms with E-state index in [0.29, 0.717) is 28.7 Å².